The lowest BCUT2D eigenvalue weighted by Crippen LogP contribution is -2.18. The van der Waals surface area contributed by atoms with Crippen LogP contribution in [-0.4, -0.2) is 6.04 Å². The van der Waals surface area contributed by atoms with E-state index in [1.165, 1.54) is 44.1 Å². The Hall–Kier alpha value is -0.300. The Morgan fingerprint density at radius 3 is 2.54 bits per heavy atom. The van der Waals surface area contributed by atoms with Crippen molar-refractivity contribution in [3.63, 3.8) is 0 Å². The average Bonchev–Trinajstić information content (AvgIpc) is 2.51. The fourth-order valence-corrected chi connectivity index (χ4v) is 2.24. The second-order valence-corrected chi connectivity index (χ2v) is 4.64. The van der Waals surface area contributed by atoms with E-state index in [1.807, 2.05) is 0 Å². The molecule has 0 spiro atoms. The molecule has 0 aromatic heterocycles. The van der Waals surface area contributed by atoms with Gasteiger partial charge in [0.25, 0.3) is 0 Å². The zero-order valence-electron chi connectivity index (χ0n) is 9.05. The van der Waals surface area contributed by atoms with Crippen LogP contribution in [0.25, 0.3) is 0 Å². The SMILES string of the molecule is CC(C)=CC(N)CCC1CCCC1. The molecule has 0 radical (unpaired) electrons. The predicted octanol–water partition coefficient (Wildman–Crippen LogP) is 3.25. The molecular weight excluding hydrogens is 158 g/mol. The predicted molar refractivity (Wildman–Crippen MR) is 58.6 cm³/mol. The maximum Gasteiger partial charge on any atom is 0.0226 e. The minimum Gasteiger partial charge on any atom is -0.324 e. The van der Waals surface area contributed by atoms with Crippen LogP contribution in [0, 0.1) is 5.92 Å². The van der Waals surface area contributed by atoms with Gasteiger partial charge in [0.1, 0.15) is 0 Å². The standard InChI is InChI=1S/C12H23N/c1-10(2)9-12(13)8-7-11-5-3-4-6-11/h9,11-12H,3-8,13H2,1-2H3. The van der Waals surface area contributed by atoms with Gasteiger partial charge < -0.3 is 5.73 Å². The maximum absolute atomic E-state index is 5.98. The highest BCUT2D eigenvalue weighted by molar-refractivity contribution is 4.99. The van der Waals surface area contributed by atoms with E-state index in [0.717, 1.165) is 5.92 Å². The molecule has 0 aromatic carbocycles. The van der Waals surface area contributed by atoms with Crippen molar-refractivity contribution in [2.45, 2.75) is 58.4 Å². The number of allylic oxidation sites excluding steroid dienone is 1. The Morgan fingerprint density at radius 2 is 2.00 bits per heavy atom. The van der Waals surface area contributed by atoms with Gasteiger partial charge in [-0.2, -0.15) is 0 Å². The molecular formula is C12H23N. The highest BCUT2D eigenvalue weighted by atomic mass is 14.6. The summed E-state index contributed by atoms with van der Waals surface area (Å²) in [6.45, 7) is 4.24. The molecule has 0 bridgehead atoms. The third-order valence-corrected chi connectivity index (χ3v) is 2.93. The van der Waals surface area contributed by atoms with Gasteiger partial charge in [0.15, 0.2) is 0 Å². The van der Waals surface area contributed by atoms with Crippen molar-refractivity contribution in [3.8, 4) is 0 Å². The highest BCUT2D eigenvalue weighted by Gasteiger charge is 2.15. The summed E-state index contributed by atoms with van der Waals surface area (Å²) in [4.78, 5) is 0. The Balaban J connectivity index is 2.14. The summed E-state index contributed by atoms with van der Waals surface area (Å²) >= 11 is 0. The first-order chi connectivity index (χ1) is 6.18. The van der Waals surface area contributed by atoms with E-state index >= 15 is 0 Å². The van der Waals surface area contributed by atoms with Gasteiger partial charge in [0.2, 0.25) is 0 Å². The van der Waals surface area contributed by atoms with E-state index in [9.17, 15) is 0 Å². The Labute approximate surface area is 82.4 Å². The van der Waals surface area contributed by atoms with Gasteiger partial charge in [-0.25, -0.2) is 0 Å². The molecule has 1 rings (SSSR count). The van der Waals surface area contributed by atoms with Gasteiger partial charge in [0, 0.05) is 6.04 Å². The minimum absolute atomic E-state index is 0.297. The lowest BCUT2D eigenvalue weighted by molar-refractivity contribution is 0.469. The number of rotatable bonds is 4. The van der Waals surface area contributed by atoms with Crippen LogP contribution >= 0.6 is 0 Å². The van der Waals surface area contributed by atoms with Gasteiger partial charge in [-0.15, -0.1) is 0 Å². The lowest BCUT2D eigenvalue weighted by Gasteiger charge is -2.11. The summed E-state index contributed by atoms with van der Waals surface area (Å²) in [5.41, 5.74) is 7.32. The molecule has 1 aliphatic carbocycles. The summed E-state index contributed by atoms with van der Waals surface area (Å²) in [7, 11) is 0. The average molecular weight is 181 g/mol. The molecule has 1 heteroatoms. The van der Waals surface area contributed by atoms with Crippen molar-refractivity contribution in [2.24, 2.45) is 11.7 Å². The molecule has 2 N–H and O–H groups in total. The highest BCUT2D eigenvalue weighted by Crippen LogP contribution is 2.28. The van der Waals surface area contributed by atoms with Gasteiger partial charge in [-0.3, -0.25) is 0 Å². The number of nitrogens with two attached hydrogens (primary N) is 1. The van der Waals surface area contributed by atoms with Gasteiger partial charge in [-0.1, -0.05) is 37.3 Å². The molecule has 76 valence electrons. The molecule has 1 aliphatic rings. The van der Waals surface area contributed by atoms with Crippen LogP contribution in [0.2, 0.25) is 0 Å². The van der Waals surface area contributed by atoms with Gasteiger partial charge >= 0.3 is 0 Å². The molecule has 13 heavy (non-hydrogen) atoms. The van der Waals surface area contributed by atoms with Crippen molar-refractivity contribution >= 4 is 0 Å². The van der Waals surface area contributed by atoms with Crippen molar-refractivity contribution in [1.29, 1.82) is 0 Å². The normalized spacial score (nSPS) is 20.2. The first-order valence-electron chi connectivity index (χ1n) is 5.59. The fourth-order valence-electron chi connectivity index (χ4n) is 2.24. The molecule has 0 heterocycles. The quantitative estimate of drug-likeness (QED) is 0.662. The lowest BCUT2D eigenvalue weighted by atomic mass is 9.98. The fraction of sp³-hybridized carbons (Fsp3) is 0.833. The molecule has 0 saturated heterocycles. The van der Waals surface area contributed by atoms with Crippen LogP contribution in [0.3, 0.4) is 0 Å². The zero-order chi connectivity index (χ0) is 9.68. The molecule has 1 saturated carbocycles. The molecule has 1 unspecified atom stereocenters. The van der Waals surface area contributed by atoms with E-state index in [4.69, 9.17) is 5.73 Å². The summed E-state index contributed by atoms with van der Waals surface area (Å²) in [6, 6.07) is 0.297. The number of hydrogen-bond donors (Lipinski definition) is 1. The summed E-state index contributed by atoms with van der Waals surface area (Å²) < 4.78 is 0. The Kier molecular flexibility index (Phi) is 4.51. The van der Waals surface area contributed by atoms with Gasteiger partial charge in [0.05, 0.1) is 0 Å². The second-order valence-electron chi connectivity index (χ2n) is 4.64. The molecule has 0 aliphatic heterocycles. The smallest absolute Gasteiger partial charge is 0.0226 e. The maximum atomic E-state index is 5.98. The minimum atomic E-state index is 0.297. The Bertz CT molecular complexity index is 162. The van der Waals surface area contributed by atoms with Crippen LogP contribution in [0.15, 0.2) is 11.6 Å². The molecule has 1 fully saturated rings. The summed E-state index contributed by atoms with van der Waals surface area (Å²) in [5, 5.41) is 0. The van der Waals surface area contributed by atoms with Crippen molar-refractivity contribution in [1.82, 2.24) is 0 Å². The van der Waals surface area contributed by atoms with Crippen LogP contribution in [0.1, 0.15) is 52.4 Å². The van der Waals surface area contributed by atoms with Crippen molar-refractivity contribution in [2.75, 3.05) is 0 Å². The van der Waals surface area contributed by atoms with E-state index in [1.54, 1.807) is 0 Å². The first-order valence-corrected chi connectivity index (χ1v) is 5.59. The monoisotopic (exact) mass is 181 g/mol. The first kappa shape index (κ1) is 10.8. The van der Waals surface area contributed by atoms with Crippen LogP contribution in [-0.2, 0) is 0 Å². The summed E-state index contributed by atoms with van der Waals surface area (Å²) in [6.07, 6.45) is 10.5. The van der Waals surface area contributed by atoms with Crippen molar-refractivity contribution < 1.29 is 0 Å². The topological polar surface area (TPSA) is 26.0 Å². The van der Waals surface area contributed by atoms with Gasteiger partial charge in [-0.05, 0) is 32.6 Å². The molecule has 1 atom stereocenters. The molecule has 1 nitrogen and oxygen atoms in total. The van der Waals surface area contributed by atoms with E-state index < -0.39 is 0 Å². The Morgan fingerprint density at radius 1 is 1.38 bits per heavy atom. The van der Waals surface area contributed by atoms with Crippen LogP contribution in [0.5, 0.6) is 0 Å². The second kappa shape index (κ2) is 5.43. The van der Waals surface area contributed by atoms with Crippen LogP contribution < -0.4 is 5.73 Å². The third-order valence-electron chi connectivity index (χ3n) is 2.93. The van der Waals surface area contributed by atoms with E-state index in [-0.39, 0.29) is 0 Å². The largest absolute Gasteiger partial charge is 0.324 e. The third kappa shape index (κ3) is 4.47. The van der Waals surface area contributed by atoms with Crippen molar-refractivity contribution in [3.05, 3.63) is 11.6 Å². The van der Waals surface area contributed by atoms with E-state index in [2.05, 4.69) is 19.9 Å². The number of hydrogen-bond acceptors (Lipinski definition) is 1. The molecule has 0 aromatic rings. The van der Waals surface area contributed by atoms with E-state index in [0.29, 0.717) is 6.04 Å². The molecule has 0 amide bonds. The summed E-state index contributed by atoms with van der Waals surface area (Å²) in [5.74, 6) is 0.983. The van der Waals surface area contributed by atoms with Crippen LogP contribution in [0.4, 0.5) is 0 Å². The zero-order valence-corrected chi connectivity index (χ0v) is 9.05.